The van der Waals surface area contributed by atoms with E-state index in [-0.39, 0.29) is 12.6 Å². The molecule has 0 aromatic carbocycles. The molecular formula is C12H20N2O4. The van der Waals surface area contributed by atoms with Crippen LogP contribution >= 0.6 is 0 Å². The molecule has 2 aliphatic rings. The topological polar surface area (TPSA) is 89.9 Å². The molecule has 0 bridgehead atoms. The summed E-state index contributed by atoms with van der Waals surface area (Å²) in [6, 6.07) is -0.275. The Morgan fingerprint density at radius 2 is 2.00 bits per heavy atom. The van der Waals surface area contributed by atoms with Gasteiger partial charge in [-0.3, -0.25) is 4.79 Å². The number of hydrogen-bond donors (Lipinski definition) is 3. The van der Waals surface area contributed by atoms with Gasteiger partial charge in [-0.2, -0.15) is 0 Å². The zero-order chi connectivity index (χ0) is 13.4. The second kappa shape index (κ2) is 4.42. The lowest BCUT2D eigenvalue weighted by Crippen LogP contribution is -2.52. The molecule has 0 spiro atoms. The maximum Gasteiger partial charge on any atom is 0.317 e. The Morgan fingerprint density at radius 3 is 2.50 bits per heavy atom. The van der Waals surface area contributed by atoms with Crippen molar-refractivity contribution >= 4 is 12.0 Å². The van der Waals surface area contributed by atoms with Gasteiger partial charge in [0.1, 0.15) is 0 Å². The number of aliphatic carboxylic acids is 1. The van der Waals surface area contributed by atoms with E-state index in [1.165, 1.54) is 0 Å². The predicted octanol–water partition coefficient (Wildman–Crippen LogP) is 0.408. The summed E-state index contributed by atoms with van der Waals surface area (Å²) in [5.74, 6) is -0.839. The number of carboxylic acids is 1. The lowest BCUT2D eigenvalue weighted by Gasteiger charge is -2.36. The van der Waals surface area contributed by atoms with Gasteiger partial charge in [-0.1, -0.05) is 0 Å². The number of rotatable bonds is 3. The first kappa shape index (κ1) is 13.1. The molecule has 6 heteroatoms. The van der Waals surface area contributed by atoms with Crippen LogP contribution in [0.4, 0.5) is 4.79 Å². The average molecular weight is 256 g/mol. The number of amides is 2. The Balaban J connectivity index is 1.83. The van der Waals surface area contributed by atoms with Gasteiger partial charge in [0.2, 0.25) is 0 Å². The summed E-state index contributed by atoms with van der Waals surface area (Å²) in [5, 5.41) is 21.6. The Hall–Kier alpha value is -1.30. The van der Waals surface area contributed by atoms with Gasteiger partial charge in [-0.25, -0.2) is 4.79 Å². The summed E-state index contributed by atoms with van der Waals surface area (Å²) in [6.07, 6.45) is 2.71. The number of nitrogens with zero attached hydrogens (tertiary/aromatic N) is 1. The van der Waals surface area contributed by atoms with Crippen molar-refractivity contribution in [1.29, 1.82) is 0 Å². The third kappa shape index (κ3) is 2.75. The normalized spacial score (nSPS) is 29.8. The number of carbonyl (C=O) groups excluding carboxylic acids is 1. The molecule has 1 saturated heterocycles. The quantitative estimate of drug-likeness (QED) is 0.682. The van der Waals surface area contributed by atoms with E-state index in [9.17, 15) is 14.7 Å². The van der Waals surface area contributed by atoms with Crippen LogP contribution in [0.5, 0.6) is 0 Å². The van der Waals surface area contributed by atoms with Crippen LogP contribution in [-0.2, 0) is 4.79 Å². The summed E-state index contributed by atoms with van der Waals surface area (Å²) < 4.78 is 0. The highest BCUT2D eigenvalue weighted by atomic mass is 16.4. The fourth-order valence-corrected chi connectivity index (χ4v) is 2.37. The summed E-state index contributed by atoms with van der Waals surface area (Å²) in [4.78, 5) is 24.4. The Kier molecular flexibility index (Phi) is 3.23. The van der Waals surface area contributed by atoms with Crippen molar-refractivity contribution in [3.8, 4) is 0 Å². The predicted molar refractivity (Wildman–Crippen MR) is 64.1 cm³/mol. The molecule has 1 aliphatic carbocycles. The van der Waals surface area contributed by atoms with Gasteiger partial charge >= 0.3 is 12.0 Å². The van der Waals surface area contributed by atoms with E-state index < -0.39 is 17.0 Å². The van der Waals surface area contributed by atoms with Crippen molar-refractivity contribution in [1.82, 2.24) is 10.2 Å². The number of likely N-dealkylation sites (tertiary alicyclic amines) is 1. The van der Waals surface area contributed by atoms with Gasteiger partial charge in [0.15, 0.2) is 0 Å². The Bertz CT molecular complexity index is 363. The number of carboxylic acid groups (broad SMARTS) is 1. The average Bonchev–Trinajstić information content (AvgIpc) is 3.05. The van der Waals surface area contributed by atoms with E-state index in [0.717, 1.165) is 6.42 Å². The first-order chi connectivity index (χ1) is 8.35. The Labute approximate surface area is 106 Å². The van der Waals surface area contributed by atoms with E-state index in [0.29, 0.717) is 32.4 Å². The molecule has 6 nitrogen and oxygen atoms in total. The summed E-state index contributed by atoms with van der Waals surface area (Å²) >= 11 is 0. The van der Waals surface area contributed by atoms with Crippen LogP contribution in [0.25, 0.3) is 0 Å². The summed E-state index contributed by atoms with van der Waals surface area (Å²) in [6.45, 7) is 2.81. The third-order valence-corrected chi connectivity index (χ3v) is 3.85. The van der Waals surface area contributed by atoms with Crippen LogP contribution in [0.1, 0.15) is 32.6 Å². The monoisotopic (exact) mass is 256 g/mol. The summed E-state index contributed by atoms with van der Waals surface area (Å²) in [7, 11) is 0. The molecule has 2 rings (SSSR count). The van der Waals surface area contributed by atoms with Crippen LogP contribution < -0.4 is 5.32 Å². The van der Waals surface area contributed by atoms with E-state index in [2.05, 4.69) is 5.32 Å². The van der Waals surface area contributed by atoms with Crippen LogP contribution in [-0.4, -0.2) is 52.3 Å². The largest absolute Gasteiger partial charge is 0.481 e. The third-order valence-electron chi connectivity index (χ3n) is 3.85. The van der Waals surface area contributed by atoms with Crippen molar-refractivity contribution in [2.45, 2.75) is 38.2 Å². The molecule has 18 heavy (non-hydrogen) atoms. The molecule has 0 aromatic rings. The van der Waals surface area contributed by atoms with E-state index in [4.69, 9.17) is 5.11 Å². The maximum absolute atomic E-state index is 11.9. The first-order valence-corrected chi connectivity index (χ1v) is 6.33. The second-order valence-corrected chi connectivity index (χ2v) is 5.77. The number of urea groups is 1. The molecule has 2 fully saturated rings. The van der Waals surface area contributed by atoms with E-state index in [1.807, 2.05) is 0 Å². The fraction of sp³-hybridized carbons (Fsp3) is 0.833. The molecule has 1 aliphatic heterocycles. The molecule has 102 valence electrons. The molecule has 1 atom stereocenters. The van der Waals surface area contributed by atoms with Crippen LogP contribution in [0.3, 0.4) is 0 Å². The first-order valence-electron chi connectivity index (χ1n) is 6.33. The zero-order valence-electron chi connectivity index (χ0n) is 10.6. The highest BCUT2D eigenvalue weighted by Crippen LogP contribution is 2.45. The zero-order valence-corrected chi connectivity index (χ0v) is 10.6. The van der Waals surface area contributed by atoms with Gasteiger partial charge in [-0.15, -0.1) is 0 Å². The van der Waals surface area contributed by atoms with Crippen LogP contribution in [0.15, 0.2) is 0 Å². The fourth-order valence-electron chi connectivity index (χ4n) is 2.37. The van der Waals surface area contributed by atoms with Crippen molar-refractivity contribution in [2.24, 2.45) is 5.41 Å². The molecule has 2 amide bonds. The molecule has 1 unspecified atom stereocenters. The second-order valence-electron chi connectivity index (χ2n) is 5.77. The van der Waals surface area contributed by atoms with Gasteiger partial charge in [0.05, 0.1) is 17.6 Å². The van der Waals surface area contributed by atoms with Crippen molar-refractivity contribution in [2.75, 3.05) is 19.6 Å². The number of carbonyl (C=O) groups is 2. The molecule has 3 N–H and O–H groups in total. The standard InChI is InChI=1S/C12H20N2O4/c1-11(18)3-2-6-14(8-11)10(17)13-7-12(4-5-12)9(15)16/h18H,2-8H2,1H3,(H,13,17)(H,15,16). The number of aliphatic hydroxyl groups is 1. The van der Waals surface area contributed by atoms with Crippen molar-refractivity contribution in [3.63, 3.8) is 0 Å². The Morgan fingerprint density at radius 1 is 1.33 bits per heavy atom. The maximum atomic E-state index is 11.9. The van der Waals surface area contributed by atoms with Gasteiger partial charge in [0, 0.05) is 13.1 Å². The van der Waals surface area contributed by atoms with Crippen molar-refractivity contribution < 1.29 is 19.8 Å². The minimum atomic E-state index is -0.839. The van der Waals surface area contributed by atoms with Gasteiger partial charge in [0.25, 0.3) is 0 Å². The lowest BCUT2D eigenvalue weighted by molar-refractivity contribution is -0.143. The lowest BCUT2D eigenvalue weighted by atomic mass is 9.95. The molecule has 0 radical (unpaired) electrons. The SMILES string of the molecule is CC1(O)CCCN(C(=O)NCC2(C(=O)O)CC2)C1. The molecular weight excluding hydrogens is 236 g/mol. The molecule has 1 heterocycles. The summed E-state index contributed by atoms with van der Waals surface area (Å²) in [5.41, 5.74) is -1.58. The highest BCUT2D eigenvalue weighted by Gasteiger charge is 2.50. The number of piperidine rings is 1. The minimum absolute atomic E-state index is 0.180. The molecule has 0 aromatic heterocycles. The number of nitrogens with one attached hydrogen (secondary N) is 1. The number of hydrogen-bond acceptors (Lipinski definition) is 3. The molecule has 1 saturated carbocycles. The van der Waals surface area contributed by atoms with Gasteiger partial charge < -0.3 is 20.4 Å². The van der Waals surface area contributed by atoms with Crippen LogP contribution in [0, 0.1) is 5.41 Å². The van der Waals surface area contributed by atoms with E-state index in [1.54, 1.807) is 11.8 Å². The highest BCUT2D eigenvalue weighted by molar-refractivity contribution is 5.80. The number of β-amino-alcohol motifs (C(OH)–C–C–N with tert-alkyl or cyclic N) is 1. The minimum Gasteiger partial charge on any atom is -0.481 e. The smallest absolute Gasteiger partial charge is 0.317 e. The van der Waals surface area contributed by atoms with Crippen LogP contribution in [0.2, 0.25) is 0 Å². The van der Waals surface area contributed by atoms with Gasteiger partial charge in [-0.05, 0) is 32.6 Å². The van der Waals surface area contributed by atoms with E-state index >= 15 is 0 Å². The van der Waals surface area contributed by atoms with Crippen molar-refractivity contribution in [3.05, 3.63) is 0 Å².